The molecule has 0 aromatic rings. The minimum Gasteiger partial charge on any atom is -0.359 e. The van der Waals surface area contributed by atoms with Gasteiger partial charge in [0.1, 0.15) is 5.72 Å². The Hall–Kier alpha value is -0.120. The van der Waals surface area contributed by atoms with Crippen LogP contribution >= 0.6 is 0 Å². The van der Waals surface area contributed by atoms with Crippen molar-refractivity contribution in [3.63, 3.8) is 0 Å². The molecule has 82 valence electrons. The predicted octanol–water partition coefficient (Wildman–Crippen LogP) is 1.05. The van der Waals surface area contributed by atoms with Crippen molar-refractivity contribution in [3.05, 3.63) is 0 Å². The smallest absolute Gasteiger partial charge is 0.121 e. The molecule has 2 saturated heterocycles. The molecule has 0 aromatic heterocycles. The number of nitrogens with zero attached hydrogens (tertiary/aromatic N) is 1. The van der Waals surface area contributed by atoms with Crippen molar-refractivity contribution in [3.8, 4) is 0 Å². The summed E-state index contributed by atoms with van der Waals surface area (Å²) < 4.78 is 5.95. The van der Waals surface area contributed by atoms with Gasteiger partial charge in [0.15, 0.2) is 0 Å². The quantitative estimate of drug-likeness (QED) is 0.681. The monoisotopic (exact) mass is 198 g/mol. The number of likely N-dealkylation sites (tertiary alicyclic amines) is 1. The van der Waals surface area contributed by atoms with E-state index in [1.807, 2.05) is 0 Å². The summed E-state index contributed by atoms with van der Waals surface area (Å²) in [5, 5.41) is 3.62. The maximum Gasteiger partial charge on any atom is 0.121 e. The lowest BCUT2D eigenvalue weighted by Gasteiger charge is -2.32. The fourth-order valence-electron chi connectivity index (χ4n) is 2.68. The number of hydrogen-bond donors (Lipinski definition) is 1. The number of nitrogens with one attached hydrogen (secondary N) is 1. The van der Waals surface area contributed by atoms with Gasteiger partial charge in [-0.2, -0.15) is 0 Å². The normalized spacial score (nSPS) is 43.3. The number of rotatable bonds is 1. The van der Waals surface area contributed by atoms with Crippen LogP contribution in [-0.2, 0) is 4.74 Å². The molecule has 2 aliphatic heterocycles. The summed E-state index contributed by atoms with van der Waals surface area (Å²) in [6.45, 7) is 9.79. The van der Waals surface area contributed by atoms with Gasteiger partial charge < -0.3 is 9.64 Å². The van der Waals surface area contributed by atoms with Crippen molar-refractivity contribution in [1.29, 1.82) is 0 Å². The standard InChI is InChI=1S/C11H22N2O/c1-10(2)8-14-11(3,12-10)9-5-6-13(4)7-9/h9,12H,5-8H2,1-4H3. The number of ether oxygens (including phenoxy) is 1. The third-order valence-electron chi connectivity index (χ3n) is 3.49. The zero-order valence-electron chi connectivity index (χ0n) is 9.76. The van der Waals surface area contributed by atoms with Crippen molar-refractivity contribution in [1.82, 2.24) is 10.2 Å². The molecular weight excluding hydrogens is 176 g/mol. The third-order valence-corrected chi connectivity index (χ3v) is 3.49. The number of hydrogen-bond acceptors (Lipinski definition) is 3. The summed E-state index contributed by atoms with van der Waals surface area (Å²) in [4.78, 5) is 2.38. The van der Waals surface area contributed by atoms with Crippen LogP contribution in [0.25, 0.3) is 0 Å². The maximum atomic E-state index is 5.95. The van der Waals surface area contributed by atoms with Crippen LogP contribution in [0.1, 0.15) is 27.2 Å². The van der Waals surface area contributed by atoms with Crippen LogP contribution in [0.2, 0.25) is 0 Å². The van der Waals surface area contributed by atoms with Crippen molar-refractivity contribution in [2.75, 3.05) is 26.7 Å². The van der Waals surface area contributed by atoms with Gasteiger partial charge in [-0.25, -0.2) is 0 Å². The molecule has 3 nitrogen and oxygen atoms in total. The van der Waals surface area contributed by atoms with Gasteiger partial charge in [0.2, 0.25) is 0 Å². The van der Waals surface area contributed by atoms with Gasteiger partial charge in [0.25, 0.3) is 0 Å². The fraction of sp³-hybridized carbons (Fsp3) is 1.00. The molecule has 0 radical (unpaired) electrons. The van der Waals surface area contributed by atoms with E-state index in [9.17, 15) is 0 Å². The highest BCUT2D eigenvalue weighted by molar-refractivity contribution is 4.98. The van der Waals surface area contributed by atoms with Crippen molar-refractivity contribution in [2.45, 2.75) is 38.5 Å². The first-order chi connectivity index (χ1) is 6.41. The first kappa shape index (κ1) is 10.4. The fourth-order valence-corrected chi connectivity index (χ4v) is 2.68. The molecule has 1 N–H and O–H groups in total. The Bertz CT molecular complexity index is 229. The SMILES string of the molecule is CN1CCC(C2(C)NC(C)(C)CO2)C1. The van der Waals surface area contributed by atoms with E-state index in [2.05, 4.69) is 38.0 Å². The first-order valence-electron chi connectivity index (χ1n) is 5.53. The maximum absolute atomic E-state index is 5.95. The van der Waals surface area contributed by atoms with Crippen LogP contribution in [0.3, 0.4) is 0 Å². The van der Waals surface area contributed by atoms with Gasteiger partial charge in [0.05, 0.1) is 6.61 Å². The van der Waals surface area contributed by atoms with E-state index in [-0.39, 0.29) is 11.3 Å². The lowest BCUT2D eigenvalue weighted by atomic mass is 9.95. The molecule has 2 atom stereocenters. The zero-order chi connectivity index (χ0) is 10.4. The van der Waals surface area contributed by atoms with Crippen LogP contribution in [0.5, 0.6) is 0 Å². The predicted molar refractivity (Wildman–Crippen MR) is 57.2 cm³/mol. The summed E-state index contributed by atoms with van der Waals surface area (Å²) in [5.41, 5.74) is 0.0319. The van der Waals surface area contributed by atoms with Gasteiger partial charge in [-0.15, -0.1) is 0 Å². The Morgan fingerprint density at radius 1 is 1.36 bits per heavy atom. The Morgan fingerprint density at radius 3 is 2.50 bits per heavy atom. The van der Waals surface area contributed by atoms with Crippen LogP contribution in [0, 0.1) is 5.92 Å². The van der Waals surface area contributed by atoms with Crippen LogP contribution in [0.15, 0.2) is 0 Å². The first-order valence-corrected chi connectivity index (χ1v) is 5.53. The Kier molecular flexibility index (Phi) is 2.37. The van der Waals surface area contributed by atoms with Crippen LogP contribution in [-0.4, -0.2) is 42.9 Å². The van der Waals surface area contributed by atoms with E-state index in [1.165, 1.54) is 13.0 Å². The molecule has 3 heteroatoms. The zero-order valence-corrected chi connectivity index (χ0v) is 9.76. The van der Waals surface area contributed by atoms with Gasteiger partial charge >= 0.3 is 0 Å². The minimum absolute atomic E-state index is 0.103. The van der Waals surface area contributed by atoms with Crippen LogP contribution < -0.4 is 5.32 Å². The summed E-state index contributed by atoms with van der Waals surface area (Å²) in [5.74, 6) is 0.634. The highest BCUT2D eigenvalue weighted by Gasteiger charge is 2.46. The molecule has 0 aromatic carbocycles. The van der Waals surface area contributed by atoms with Crippen molar-refractivity contribution >= 4 is 0 Å². The molecular formula is C11H22N2O. The second-order valence-corrected chi connectivity index (χ2v) is 5.65. The molecule has 2 fully saturated rings. The Labute approximate surface area is 86.8 Å². The largest absolute Gasteiger partial charge is 0.359 e. The molecule has 0 saturated carbocycles. The molecule has 2 heterocycles. The van der Waals surface area contributed by atoms with E-state index in [1.54, 1.807) is 0 Å². The highest BCUT2D eigenvalue weighted by atomic mass is 16.5. The summed E-state index contributed by atoms with van der Waals surface area (Å²) in [6, 6.07) is 0. The lowest BCUT2D eigenvalue weighted by molar-refractivity contribution is -0.0390. The Balaban J connectivity index is 2.03. The van der Waals surface area contributed by atoms with E-state index in [0.717, 1.165) is 13.2 Å². The second-order valence-electron chi connectivity index (χ2n) is 5.65. The Morgan fingerprint density at radius 2 is 2.07 bits per heavy atom. The summed E-state index contributed by atoms with van der Waals surface area (Å²) in [7, 11) is 2.18. The molecule has 0 spiro atoms. The molecule has 0 aliphatic carbocycles. The van der Waals surface area contributed by atoms with Crippen LogP contribution in [0.4, 0.5) is 0 Å². The molecule has 0 amide bonds. The van der Waals surface area contributed by atoms with Gasteiger partial charge in [0, 0.05) is 18.0 Å². The van der Waals surface area contributed by atoms with E-state index < -0.39 is 0 Å². The van der Waals surface area contributed by atoms with E-state index in [0.29, 0.717) is 5.92 Å². The lowest BCUT2D eigenvalue weighted by Crippen LogP contribution is -2.51. The average Bonchev–Trinajstić information content (AvgIpc) is 2.57. The van der Waals surface area contributed by atoms with Crippen molar-refractivity contribution in [2.24, 2.45) is 5.92 Å². The minimum atomic E-state index is -0.103. The molecule has 14 heavy (non-hydrogen) atoms. The summed E-state index contributed by atoms with van der Waals surface area (Å²) >= 11 is 0. The van der Waals surface area contributed by atoms with E-state index >= 15 is 0 Å². The molecule has 0 bridgehead atoms. The van der Waals surface area contributed by atoms with Crippen molar-refractivity contribution < 1.29 is 4.74 Å². The van der Waals surface area contributed by atoms with Gasteiger partial charge in [-0.1, -0.05) is 0 Å². The average molecular weight is 198 g/mol. The van der Waals surface area contributed by atoms with E-state index in [4.69, 9.17) is 4.74 Å². The topological polar surface area (TPSA) is 24.5 Å². The molecule has 2 unspecified atom stereocenters. The molecule has 2 aliphatic rings. The highest BCUT2D eigenvalue weighted by Crippen LogP contribution is 2.34. The summed E-state index contributed by atoms with van der Waals surface area (Å²) in [6.07, 6.45) is 1.25. The molecule has 2 rings (SSSR count). The second kappa shape index (κ2) is 3.19. The van der Waals surface area contributed by atoms with Gasteiger partial charge in [-0.05, 0) is 40.8 Å². The van der Waals surface area contributed by atoms with Gasteiger partial charge in [-0.3, -0.25) is 5.32 Å². The third kappa shape index (κ3) is 1.81.